The van der Waals surface area contributed by atoms with E-state index in [9.17, 15) is 15.2 Å². The molecule has 1 unspecified atom stereocenters. The van der Waals surface area contributed by atoms with Crippen LogP contribution in [0.3, 0.4) is 0 Å². The molecule has 1 atom stereocenters. The van der Waals surface area contributed by atoms with E-state index in [2.05, 4.69) is 5.32 Å². The first kappa shape index (κ1) is 16.6. The first-order valence-corrected chi connectivity index (χ1v) is 7.85. The van der Waals surface area contributed by atoms with Crippen LogP contribution in [0.5, 0.6) is 0 Å². The van der Waals surface area contributed by atoms with Crippen molar-refractivity contribution in [3.05, 3.63) is 75.8 Å². The topological polar surface area (TPSA) is 84.6 Å². The number of ether oxygens (including phenoxy) is 1. The van der Waals surface area contributed by atoms with Crippen molar-refractivity contribution in [2.75, 3.05) is 26.4 Å². The lowest BCUT2D eigenvalue weighted by molar-refractivity contribution is -0.384. The third-order valence-corrected chi connectivity index (χ3v) is 4.38. The van der Waals surface area contributed by atoms with Gasteiger partial charge in [0.15, 0.2) is 0 Å². The maximum atomic E-state index is 11.1. The van der Waals surface area contributed by atoms with E-state index < -0.39 is 0 Å². The van der Waals surface area contributed by atoms with E-state index in [1.54, 1.807) is 12.1 Å². The van der Waals surface area contributed by atoms with Crippen LogP contribution in [0.4, 0.5) is 5.69 Å². The molecule has 24 heavy (non-hydrogen) atoms. The molecule has 2 aromatic rings. The Morgan fingerprint density at radius 1 is 1.17 bits per heavy atom. The van der Waals surface area contributed by atoms with Crippen molar-refractivity contribution in [1.82, 2.24) is 5.32 Å². The van der Waals surface area contributed by atoms with Crippen molar-refractivity contribution in [3.8, 4) is 0 Å². The van der Waals surface area contributed by atoms with Gasteiger partial charge < -0.3 is 15.2 Å². The van der Waals surface area contributed by atoms with Gasteiger partial charge in [0, 0.05) is 18.7 Å². The van der Waals surface area contributed by atoms with Crippen LogP contribution in [0.15, 0.2) is 54.6 Å². The van der Waals surface area contributed by atoms with Gasteiger partial charge in [-0.05, 0) is 11.1 Å². The molecule has 1 heterocycles. The number of nitrogens with zero attached hydrogens (tertiary/aromatic N) is 1. The second-order valence-electron chi connectivity index (χ2n) is 6.23. The monoisotopic (exact) mass is 328 g/mol. The van der Waals surface area contributed by atoms with E-state index in [0.717, 1.165) is 11.1 Å². The predicted molar refractivity (Wildman–Crippen MR) is 89.7 cm³/mol. The standard InChI is InChI=1S/C18H20N2O4/c21-11-18(12-24-13-18)10-19-17(14-5-2-1-3-6-14)15-7-4-8-16(9-15)20(22)23/h1-9,17,19,21H,10-13H2. The molecule has 0 aliphatic carbocycles. The Morgan fingerprint density at radius 2 is 1.88 bits per heavy atom. The molecule has 0 spiro atoms. The zero-order valence-corrected chi connectivity index (χ0v) is 13.2. The van der Waals surface area contributed by atoms with Crippen LogP contribution in [0.25, 0.3) is 0 Å². The predicted octanol–water partition coefficient (Wildman–Crippen LogP) is 2.28. The summed E-state index contributed by atoms with van der Waals surface area (Å²) in [4.78, 5) is 10.7. The lowest BCUT2D eigenvalue weighted by Gasteiger charge is -2.41. The number of rotatable bonds is 7. The molecule has 6 heteroatoms. The summed E-state index contributed by atoms with van der Waals surface area (Å²) in [7, 11) is 0. The Balaban J connectivity index is 1.88. The Hall–Kier alpha value is -2.28. The molecule has 1 aliphatic rings. The highest BCUT2D eigenvalue weighted by molar-refractivity contribution is 5.40. The number of nitrogens with one attached hydrogen (secondary N) is 1. The molecule has 0 aromatic heterocycles. The Kier molecular flexibility index (Phi) is 4.89. The van der Waals surface area contributed by atoms with Gasteiger partial charge in [0.2, 0.25) is 0 Å². The zero-order chi connectivity index (χ0) is 17.0. The summed E-state index contributed by atoms with van der Waals surface area (Å²) in [5.74, 6) is 0. The second-order valence-corrected chi connectivity index (χ2v) is 6.23. The molecule has 2 aromatic carbocycles. The highest BCUT2D eigenvalue weighted by Crippen LogP contribution is 2.30. The van der Waals surface area contributed by atoms with E-state index in [-0.39, 0.29) is 28.7 Å². The van der Waals surface area contributed by atoms with E-state index in [1.165, 1.54) is 6.07 Å². The van der Waals surface area contributed by atoms with Crippen LogP contribution in [0.2, 0.25) is 0 Å². The van der Waals surface area contributed by atoms with E-state index >= 15 is 0 Å². The van der Waals surface area contributed by atoms with Gasteiger partial charge in [-0.2, -0.15) is 0 Å². The summed E-state index contributed by atoms with van der Waals surface area (Å²) in [6.07, 6.45) is 0. The average molecular weight is 328 g/mol. The number of hydrogen-bond donors (Lipinski definition) is 2. The normalized spacial score (nSPS) is 17.0. The Bertz CT molecular complexity index is 696. The third-order valence-electron chi connectivity index (χ3n) is 4.38. The fourth-order valence-electron chi connectivity index (χ4n) is 2.85. The van der Waals surface area contributed by atoms with Crippen molar-refractivity contribution in [1.29, 1.82) is 0 Å². The van der Waals surface area contributed by atoms with Crippen molar-refractivity contribution in [2.24, 2.45) is 5.41 Å². The Labute approximate surface area is 140 Å². The van der Waals surface area contributed by atoms with E-state index in [0.29, 0.717) is 19.8 Å². The Morgan fingerprint density at radius 3 is 2.46 bits per heavy atom. The number of aliphatic hydroxyl groups is 1. The smallest absolute Gasteiger partial charge is 0.269 e. The summed E-state index contributed by atoms with van der Waals surface area (Å²) in [5, 5.41) is 24.1. The van der Waals surface area contributed by atoms with E-state index in [4.69, 9.17) is 4.74 Å². The minimum Gasteiger partial charge on any atom is -0.396 e. The average Bonchev–Trinajstić information content (AvgIpc) is 2.58. The van der Waals surface area contributed by atoms with Gasteiger partial charge in [-0.15, -0.1) is 0 Å². The van der Waals surface area contributed by atoms with Crippen LogP contribution in [-0.2, 0) is 4.74 Å². The SMILES string of the molecule is O=[N+]([O-])c1cccc(C(NCC2(CO)COC2)c2ccccc2)c1. The molecule has 126 valence electrons. The molecule has 2 N–H and O–H groups in total. The quantitative estimate of drug-likeness (QED) is 0.602. The van der Waals surface area contributed by atoms with Gasteiger partial charge in [0.25, 0.3) is 5.69 Å². The summed E-state index contributed by atoms with van der Waals surface area (Å²) < 4.78 is 5.23. The molecular formula is C18H20N2O4. The van der Waals surface area contributed by atoms with Crippen molar-refractivity contribution >= 4 is 5.69 Å². The number of aliphatic hydroxyl groups excluding tert-OH is 1. The number of nitro groups is 1. The van der Waals surface area contributed by atoms with Gasteiger partial charge in [0.05, 0.1) is 36.2 Å². The lowest BCUT2D eigenvalue weighted by atomic mass is 9.86. The first-order chi connectivity index (χ1) is 11.6. The summed E-state index contributed by atoms with van der Waals surface area (Å²) in [5.41, 5.74) is 1.64. The fraction of sp³-hybridized carbons (Fsp3) is 0.333. The molecule has 0 amide bonds. The molecule has 1 saturated heterocycles. The second kappa shape index (κ2) is 7.09. The van der Waals surface area contributed by atoms with Crippen LogP contribution in [0.1, 0.15) is 17.2 Å². The highest BCUT2D eigenvalue weighted by atomic mass is 16.6. The molecule has 1 fully saturated rings. The van der Waals surface area contributed by atoms with Gasteiger partial charge in [-0.3, -0.25) is 10.1 Å². The molecule has 6 nitrogen and oxygen atoms in total. The first-order valence-electron chi connectivity index (χ1n) is 7.85. The van der Waals surface area contributed by atoms with Gasteiger partial charge in [-0.25, -0.2) is 0 Å². The molecule has 0 bridgehead atoms. The fourth-order valence-corrected chi connectivity index (χ4v) is 2.85. The molecule has 0 saturated carbocycles. The van der Waals surface area contributed by atoms with E-state index in [1.807, 2.05) is 36.4 Å². The number of non-ortho nitro benzene ring substituents is 1. The number of benzene rings is 2. The maximum Gasteiger partial charge on any atom is 0.269 e. The van der Waals surface area contributed by atoms with Gasteiger partial charge >= 0.3 is 0 Å². The molecular weight excluding hydrogens is 308 g/mol. The van der Waals surface area contributed by atoms with Crippen LogP contribution >= 0.6 is 0 Å². The molecule has 3 rings (SSSR count). The van der Waals surface area contributed by atoms with Crippen LogP contribution in [-0.4, -0.2) is 36.4 Å². The van der Waals surface area contributed by atoms with Crippen LogP contribution in [0, 0.1) is 15.5 Å². The minimum absolute atomic E-state index is 0.0520. The molecule has 1 aliphatic heterocycles. The van der Waals surface area contributed by atoms with Gasteiger partial charge in [-0.1, -0.05) is 42.5 Å². The van der Waals surface area contributed by atoms with Gasteiger partial charge in [0.1, 0.15) is 0 Å². The number of nitro benzene ring substituents is 1. The lowest BCUT2D eigenvalue weighted by Crippen LogP contribution is -2.52. The maximum absolute atomic E-state index is 11.1. The summed E-state index contributed by atoms with van der Waals surface area (Å²) in [6, 6.07) is 16.2. The van der Waals surface area contributed by atoms with Crippen molar-refractivity contribution < 1.29 is 14.8 Å². The summed E-state index contributed by atoms with van der Waals surface area (Å²) in [6.45, 7) is 1.67. The molecule has 0 radical (unpaired) electrons. The van der Waals surface area contributed by atoms with Crippen molar-refractivity contribution in [3.63, 3.8) is 0 Å². The largest absolute Gasteiger partial charge is 0.396 e. The third kappa shape index (κ3) is 3.46. The minimum atomic E-state index is -0.388. The summed E-state index contributed by atoms with van der Waals surface area (Å²) >= 11 is 0. The van der Waals surface area contributed by atoms with Crippen molar-refractivity contribution in [2.45, 2.75) is 6.04 Å². The highest BCUT2D eigenvalue weighted by Gasteiger charge is 2.38. The zero-order valence-electron chi connectivity index (χ0n) is 13.2. The van der Waals surface area contributed by atoms with Crippen LogP contribution < -0.4 is 5.32 Å². The number of hydrogen-bond acceptors (Lipinski definition) is 5.